The summed E-state index contributed by atoms with van der Waals surface area (Å²) in [7, 11) is 0. The zero-order chi connectivity index (χ0) is 11.0. The van der Waals surface area contributed by atoms with Gasteiger partial charge in [0.25, 0.3) is 0 Å². The van der Waals surface area contributed by atoms with Crippen LogP contribution >= 0.6 is 11.6 Å². The molecule has 84 valence electrons. The molecule has 0 atom stereocenters. The third kappa shape index (κ3) is 4.29. The largest absolute Gasteiger partial charge is 0.396 e. The summed E-state index contributed by atoms with van der Waals surface area (Å²) in [6, 6.07) is 0. The molecule has 1 amide bonds. The van der Waals surface area contributed by atoms with E-state index >= 15 is 0 Å². The molecular formula is C10H20ClNO2. The van der Waals surface area contributed by atoms with Gasteiger partial charge in [-0.2, -0.15) is 0 Å². The molecule has 0 spiro atoms. The second-order valence-electron chi connectivity index (χ2n) is 3.58. The van der Waals surface area contributed by atoms with Gasteiger partial charge in [-0.25, -0.2) is 0 Å². The second kappa shape index (κ2) is 7.07. The lowest BCUT2D eigenvalue weighted by molar-refractivity contribution is -0.121. The highest BCUT2D eigenvalue weighted by Crippen LogP contribution is 2.24. The van der Waals surface area contributed by atoms with Crippen molar-refractivity contribution < 1.29 is 9.90 Å². The summed E-state index contributed by atoms with van der Waals surface area (Å²) in [5, 5.41) is 12.0. The van der Waals surface area contributed by atoms with Crippen molar-refractivity contribution in [2.45, 2.75) is 33.1 Å². The number of hydrogen-bond acceptors (Lipinski definition) is 2. The van der Waals surface area contributed by atoms with E-state index in [1.54, 1.807) is 0 Å². The van der Waals surface area contributed by atoms with Gasteiger partial charge >= 0.3 is 0 Å². The van der Waals surface area contributed by atoms with E-state index in [-0.39, 0.29) is 17.9 Å². The van der Waals surface area contributed by atoms with Gasteiger partial charge in [0.05, 0.1) is 6.61 Å². The van der Waals surface area contributed by atoms with Crippen LogP contribution < -0.4 is 5.32 Å². The summed E-state index contributed by atoms with van der Waals surface area (Å²) in [5.74, 6) is 0.302. The lowest BCUT2D eigenvalue weighted by atomic mass is 9.83. The Kier molecular flexibility index (Phi) is 6.93. The molecule has 0 aliphatic heterocycles. The van der Waals surface area contributed by atoms with Crippen LogP contribution in [0.25, 0.3) is 0 Å². The number of aliphatic hydroxyl groups is 1. The second-order valence-corrected chi connectivity index (χ2v) is 3.96. The summed E-state index contributed by atoms with van der Waals surface area (Å²) in [4.78, 5) is 11.2. The van der Waals surface area contributed by atoms with E-state index in [4.69, 9.17) is 11.6 Å². The van der Waals surface area contributed by atoms with Gasteiger partial charge in [-0.05, 0) is 12.8 Å². The maximum absolute atomic E-state index is 11.2. The highest BCUT2D eigenvalue weighted by Gasteiger charge is 2.25. The van der Waals surface area contributed by atoms with Crippen LogP contribution in [0.1, 0.15) is 33.1 Å². The lowest BCUT2D eigenvalue weighted by Gasteiger charge is -2.29. The first kappa shape index (κ1) is 13.7. The number of carbonyl (C=O) groups excluding carboxylic acids is 1. The fraction of sp³-hybridized carbons (Fsp3) is 0.900. The van der Waals surface area contributed by atoms with Gasteiger partial charge in [0, 0.05) is 24.3 Å². The minimum Gasteiger partial charge on any atom is -0.396 e. The van der Waals surface area contributed by atoms with Crippen molar-refractivity contribution in [2.24, 2.45) is 5.41 Å². The monoisotopic (exact) mass is 221 g/mol. The maximum atomic E-state index is 11.2. The van der Waals surface area contributed by atoms with Crippen LogP contribution in [-0.4, -0.2) is 30.0 Å². The van der Waals surface area contributed by atoms with Crippen LogP contribution in [0.3, 0.4) is 0 Å². The molecule has 2 N–H and O–H groups in total. The zero-order valence-electron chi connectivity index (χ0n) is 8.98. The van der Waals surface area contributed by atoms with Gasteiger partial charge in [-0.15, -0.1) is 11.6 Å². The Morgan fingerprint density at radius 3 is 2.36 bits per heavy atom. The summed E-state index contributed by atoms with van der Waals surface area (Å²) in [5.41, 5.74) is -0.165. The van der Waals surface area contributed by atoms with Crippen LogP contribution in [-0.2, 0) is 4.79 Å². The fourth-order valence-electron chi connectivity index (χ4n) is 1.24. The van der Waals surface area contributed by atoms with Gasteiger partial charge in [-0.1, -0.05) is 13.8 Å². The summed E-state index contributed by atoms with van der Waals surface area (Å²) in [6.07, 6.45) is 2.07. The third-order valence-corrected chi connectivity index (χ3v) is 3.01. The first-order chi connectivity index (χ1) is 6.64. The molecule has 0 aromatic carbocycles. The third-order valence-electron chi connectivity index (χ3n) is 2.82. The molecule has 0 aliphatic rings. The minimum atomic E-state index is -0.165. The number of hydrogen-bond donors (Lipinski definition) is 2. The maximum Gasteiger partial charge on any atom is 0.221 e. The molecule has 4 heteroatoms. The number of alkyl halides is 1. The standard InChI is InChI=1S/C10H20ClNO2/c1-3-10(4-2,8-13)7-12-9(14)5-6-11/h13H,3-8H2,1-2H3,(H,12,14). The molecule has 0 aromatic rings. The van der Waals surface area contributed by atoms with Gasteiger partial charge in [0.1, 0.15) is 0 Å². The van der Waals surface area contributed by atoms with E-state index in [9.17, 15) is 9.90 Å². The number of aliphatic hydroxyl groups excluding tert-OH is 1. The number of carbonyl (C=O) groups is 1. The first-order valence-electron chi connectivity index (χ1n) is 5.07. The Morgan fingerprint density at radius 2 is 2.00 bits per heavy atom. The summed E-state index contributed by atoms with van der Waals surface area (Å²) >= 11 is 5.44. The molecule has 0 fully saturated rings. The SMILES string of the molecule is CCC(CC)(CO)CNC(=O)CCCl. The van der Waals surface area contributed by atoms with Crippen LogP contribution in [0.5, 0.6) is 0 Å². The first-order valence-corrected chi connectivity index (χ1v) is 5.61. The normalized spacial score (nSPS) is 11.4. The van der Waals surface area contributed by atoms with Gasteiger partial charge in [-0.3, -0.25) is 4.79 Å². The average molecular weight is 222 g/mol. The Bertz CT molecular complexity index is 161. The molecule has 0 unspecified atom stereocenters. The van der Waals surface area contributed by atoms with Crippen molar-refractivity contribution in [1.82, 2.24) is 5.32 Å². The quantitative estimate of drug-likeness (QED) is 0.641. The molecule has 0 rings (SSSR count). The van der Waals surface area contributed by atoms with Crippen molar-refractivity contribution in [2.75, 3.05) is 19.0 Å². The van der Waals surface area contributed by atoms with Crippen LogP contribution in [0.2, 0.25) is 0 Å². The zero-order valence-corrected chi connectivity index (χ0v) is 9.73. The van der Waals surface area contributed by atoms with Gasteiger partial charge in [0.2, 0.25) is 5.91 Å². The molecular weight excluding hydrogens is 202 g/mol. The summed E-state index contributed by atoms with van der Waals surface area (Å²) in [6.45, 7) is 4.69. The molecule has 0 radical (unpaired) electrons. The molecule has 0 aliphatic carbocycles. The molecule has 0 aromatic heterocycles. The molecule has 14 heavy (non-hydrogen) atoms. The highest BCUT2D eigenvalue weighted by molar-refractivity contribution is 6.18. The fourth-order valence-corrected chi connectivity index (χ4v) is 1.41. The Labute approximate surface area is 90.8 Å². The van der Waals surface area contributed by atoms with E-state index < -0.39 is 0 Å². The van der Waals surface area contributed by atoms with E-state index in [2.05, 4.69) is 5.32 Å². The topological polar surface area (TPSA) is 49.3 Å². The average Bonchev–Trinajstić information content (AvgIpc) is 2.21. The summed E-state index contributed by atoms with van der Waals surface area (Å²) < 4.78 is 0. The Hall–Kier alpha value is -0.280. The molecule has 0 bridgehead atoms. The van der Waals surface area contributed by atoms with Crippen molar-refractivity contribution in [3.63, 3.8) is 0 Å². The molecule has 0 saturated carbocycles. The molecule has 0 saturated heterocycles. The predicted octanol–water partition coefficient (Wildman–Crippen LogP) is 1.53. The van der Waals surface area contributed by atoms with Gasteiger partial charge in [0.15, 0.2) is 0 Å². The molecule has 0 heterocycles. The lowest BCUT2D eigenvalue weighted by Crippen LogP contribution is -2.39. The van der Waals surface area contributed by atoms with Crippen molar-refractivity contribution in [1.29, 1.82) is 0 Å². The van der Waals surface area contributed by atoms with Crippen molar-refractivity contribution in [3.05, 3.63) is 0 Å². The Balaban J connectivity index is 3.99. The predicted molar refractivity (Wildman–Crippen MR) is 58.4 cm³/mol. The number of nitrogens with one attached hydrogen (secondary N) is 1. The number of amides is 1. The highest BCUT2D eigenvalue weighted by atomic mass is 35.5. The Morgan fingerprint density at radius 1 is 1.43 bits per heavy atom. The van der Waals surface area contributed by atoms with Crippen molar-refractivity contribution >= 4 is 17.5 Å². The smallest absolute Gasteiger partial charge is 0.221 e. The van der Waals surface area contributed by atoms with E-state index in [1.807, 2.05) is 13.8 Å². The van der Waals surface area contributed by atoms with E-state index in [0.29, 0.717) is 18.8 Å². The van der Waals surface area contributed by atoms with Gasteiger partial charge < -0.3 is 10.4 Å². The minimum absolute atomic E-state index is 0.0419. The number of halogens is 1. The van der Waals surface area contributed by atoms with E-state index in [0.717, 1.165) is 12.8 Å². The van der Waals surface area contributed by atoms with Crippen molar-refractivity contribution in [3.8, 4) is 0 Å². The van der Waals surface area contributed by atoms with E-state index in [1.165, 1.54) is 0 Å². The van der Waals surface area contributed by atoms with Crippen LogP contribution in [0.15, 0.2) is 0 Å². The number of rotatable bonds is 7. The van der Waals surface area contributed by atoms with Crippen LogP contribution in [0, 0.1) is 5.41 Å². The van der Waals surface area contributed by atoms with Crippen LogP contribution in [0.4, 0.5) is 0 Å². The molecule has 3 nitrogen and oxygen atoms in total.